The number of halogens is 2. The number of nitrogens with zero attached hydrogens (tertiary/aromatic N) is 2. The Bertz CT molecular complexity index is 540. The van der Waals surface area contributed by atoms with Crippen molar-refractivity contribution in [2.45, 2.75) is 26.5 Å². The van der Waals surface area contributed by atoms with Crippen molar-refractivity contribution >= 4 is 15.9 Å². The molecular formula is C13H14BrFN2O. The molecule has 0 bridgehead atoms. The normalized spacial score (nSPS) is 10.9. The molecule has 5 heteroatoms. The van der Waals surface area contributed by atoms with Crippen LogP contribution in [0.4, 0.5) is 4.39 Å². The summed E-state index contributed by atoms with van der Waals surface area (Å²) in [6.45, 7) is 4.58. The van der Waals surface area contributed by atoms with Crippen LogP contribution in [0.2, 0.25) is 0 Å². The molecular weight excluding hydrogens is 299 g/mol. The van der Waals surface area contributed by atoms with Crippen molar-refractivity contribution in [1.82, 2.24) is 9.55 Å². The van der Waals surface area contributed by atoms with Crippen molar-refractivity contribution in [3.05, 3.63) is 46.7 Å². The minimum absolute atomic E-state index is 0.297. The highest BCUT2D eigenvalue weighted by Crippen LogP contribution is 2.22. The fourth-order valence-electron chi connectivity index (χ4n) is 1.63. The lowest BCUT2D eigenvalue weighted by Crippen LogP contribution is -2.07. The molecule has 2 aromatic rings. The van der Waals surface area contributed by atoms with E-state index in [4.69, 9.17) is 4.74 Å². The van der Waals surface area contributed by atoms with E-state index in [2.05, 4.69) is 34.8 Å². The van der Waals surface area contributed by atoms with Gasteiger partial charge in [-0.1, -0.05) is 0 Å². The number of rotatable bonds is 4. The second kappa shape index (κ2) is 5.52. The van der Waals surface area contributed by atoms with Crippen molar-refractivity contribution in [2.75, 3.05) is 0 Å². The van der Waals surface area contributed by atoms with Crippen molar-refractivity contribution in [3.63, 3.8) is 0 Å². The Kier molecular flexibility index (Phi) is 4.01. The second-order valence-electron chi connectivity index (χ2n) is 4.25. The van der Waals surface area contributed by atoms with Gasteiger partial charge in [0.05, 0.1) is 22.7 Å². The number of aromatic nitrogens is 2. The third-order valence-electron chi connectivity index (χ3n) is 2.58. The topological polar surface area (TPSA) is 27.1 Å². The Labute approximate surface area is 114 Å². The standard InChI is InChI=1S/C13H14BrFN2O/c1-9(2)17-8-16-6-10(17)7-18-11-3-4-13(15)12(14)5-11/h3-6,8-9H,7H2,1-2H3. The van der Waals surface area contributed by atoms with Gasteiger partial charge < -0.3 is 9.30 Å². The van der Waals surface area contributed by atoms with Crippen LogP contribution >= 0.6 is 15.9 Å². The van der Waals surface area contributed by atoms with E-state index in [1.54, 1.807) is 24.7 Å². The quantitative estimate of drug-likeness (QED) is 0.855. The first kappa shape index (κ1) is 13.1. The molecule has 96 valence electrons. The lowest BCUT2D eigenvalue weighted by molar-refractivity contribution is 0.291. The maximum atomic E-state index is 13.1. The van der Waals surface area contributed by atoms with E-state index in [-0.39, 0.29) is 5.82 Å². The summed E-state index contributed by atoms with van der Waals surface area (Å²) in [6.07, 6.45) is 3.56. The number of imidazole rings is 1. The molecule has 0 unspecified atom stereocenters. The molecule has 0 aliphatic carbocycles. The van der Waals surface area contributed by atoms with Gasteiger partial charge in [0.25, 0.3) is 0 Å². The Morgan fingerprint density at radius 3 is 2.89 bits per heavy atom. The van der Waals surface area contributed by atoms with Gasteiger partial charge in [-0.25, -0.2) is 9.37 Å². The minimum Gasteiger partial charge on any atom is -0.487 e. The molecule has 18 heavy (non-hydrogen) atoms. The minimum atomic E-state index is -0.297. The molecule has 1 heterocycles. The van der Waals surface area contributed by atoms with Crippen LogP contribution in [0, 0.1) is 5.82 Å². The number of hydrogen-bond acceptors (Lipinski definition) is 2. The third kappa shape index (κ3) is 2.90. The molecule has 0 aliphatic heterocycles. The van der Waals surface area contributed by atoms with Crippen LogP contribution in [-0.4, -0.2) is 9.55 Å². The zero-order valence-corrected chi connectivity index (χ0v) is 11.8. The summed E-state index contributed by atoms with van der Waals surface area (Å²) in [7, 11) is 0. The Balaban J connectivity index is 2.07. The summed E-state index contributed by atoms with van der Waals surface area (Å²) in [5.74, 6) is 0.328. The largest absolute Gasteiger partial charge is 0.487 e. The van der Waals surface area contributed by atoms with E-state index in [1.807, 2.05) is 4.57 Å². The van der Waals surface area contributed by atoms with Crippen LogP contribution in [-0.2, 0) is 6.61 Å². The maximum absolute atomic E-state index is 13.1. The third-order valence-corrected chi connectivity index (χ3v) is 3.19. The molecule has 3 nitrogen and oxygen atoms in total. The number of ether oxygens (including phenoxy) is 1. The molecule has 2 rings (SSSR count). The van der Waals surface area contributed by atoms with Crippen molar-refractivity contribution < 1.29 is 9.13 Å². The smallest absolute Gasteiger partial charge is 0.137 e. The van der Waals surface area contributed by atoms with Gasteiger partial charge in [0, 0.05) is 6.04 Å². The van der Waals surface area contributed by atoms with Crippen LogP contribution in [0.5, 0.6) is 5.75 Å². The average molecular weight is 313 g/mol. The van der Waals surface area contributed by atoms with Gasteiger partial charge >= 0.3 is 0 Å². The summed E-state index contributed by atoms with van der Waals surface area (Å²) >= 11 is 3.13. The SMILES string of the molecule is CC(C)n1cncc1COc1ccc(F)c(Br)c1. The van der Waals surface area contributed by atoms with Gasteiger partial charge in [-0.3, -0.25) is 0 Å². The first-order chi connectivity index (χ1) is 8.58. The van der Waals surface area contributed by atoms with E-state index < -0.39 is 0 Å². The van der Waals surface area contributed by atoms with Crippen molar-refractivity contribution in [1.29, 1.82) is 0 Å². The zero-order valence-electron chi connectivity index (χ0n) is 10.2. The molecule has 0 fully saturated rings. The summed E-state index contributed by atoms with van der Waals surface area (Å²) in [4.78, 5) is 4.10. The van der Waals surface area contributed by atoms with Crippen molar-refractivity contribution in [2.24, 2.45) is 0 Å². The van der Waals surface area contributed by atoms with E-state index >= 15 is 0 Å². The lowest BCUT2D eigenvalue weighted by Gasteiger charge is -2.12. The maximum Gasteiger partial charge on any atom is 0.137 e. The van der Waals surface area contributed by atoms with Gasteiger partial charge in [-0.05, 0) is 48.0 Å². The lowest BCUT2D eigenvalue weighted by atomic mass is 10.3. The molecule has 1 aromatic heterocycles. The van der Waals surface area contributed by atoms with Gasteiger partial charge in [0.15, 0.2) is 0 Å². The predicted octanol–water partition coefficient (Wildman–Crippen LogP) is 3.94. The van der Waals surface area contributed by atoms with E-state index in [9.17, 15) is 4.39 Å². The predicted molar refractivity (Wildman–Crippen MR) is 71.0 cm³/mol. The Morgan fingerprint density at radius 2 is 2.22 bits per heavy atom. The summed E-state index contributed by atoms with van der Waals surface area (Å²) in [6, 6.07) is 4.94. The molecule has 0 aliphatic rings. The van der Waals surface area contributed by atoms with Gasteiger partial charge in [0.1, 0.15) is 18.2 Å². The van der Waals surface area contributed by atoms with Crippen LogP contribution in [0.15, 0.2) is 35.2 Å². The Hall–Kier alpha value is -1.36. The zero-order chi connectivity index (χ0) is 13.1. The fraction of sp³-hybridized carbons (Fsp3) is 0.308. The molecule has 0 amide bonds. The average Bonchev–Trinajstić information content (AvgIpc) is 2.79. The van der Waals surface area contributed by atoms with Crippen LogP contribution < -0.4 is 4.74 Å². The summed E-state index contributed by atoms with van der Waals surface area (Å²) in [5.41, 5.74) is 0.991. The number of benzene rings is 1. The van der Waals surface area contributed by atoms with Crippen LogP contribution in [0.25, 0.3) is 0 Å². The van der Waals surface area contributed by atoms with Gasteiger partial charge in [0.2, 0.25) is 0 Å². The molecule has 1 aromatic carbocycles. The van der Waals surface area contributed by atoms with E-state index in [1.165, 1.54) is 6.07 Å². The monoisotopic (exact) mass is 312 g/mol. The molecule has 0 N–H and O–H groups in total. The van der Waals surface area contributed by atoms with Gasteiger partial charge in [-0.2, -0.15) is 0 Å². The first-order valence-electron chi connectivity index (χ1n) is 5.66. The molecule has 0 saturated heterocycles. The number of hydrogen-bond donors (Lipinski definition) is 0. The van der Waals surface area contributed by atoms with E-state index in [0.717, 1.165) is 5.69 Å². The second-order valence-corrected chi connectivity index (χ2v) is 5.10. The van der Waals surface area contributed by atoms with Crippen LogP contribution in [0.3, 0.4) is 0 Å². The van der Waals surface area contributed by atoms with Gasteiger partial charge in [-0.15, -0.1) is 0 Å². The molecule has 0 radical (unpaired) electrons. The fourth-order valence-corrected chi connectivity index (χ4v) is 1.99. The molecule has 0 atom stereocenters. The highest BCUT2D eigenvalue weighted by atomic mass is 79.9. The molecule has 0 spiro atoms. The Morgan fingerprint density at radius 1 is 1.44 bits per heavy atom. The highest BCUT2D eigenvalue weighted by molar-refractivity contribution is 9.10. The molecule has 0 saturated carbocycles. The van der Waals surface area contributed by atoms with E-state index in [0.29, 0.717) is 22.9 Å². The summed E-state index contributed by atoms with van der Waals surface area (Å²) < 4.78 is 21.1. The highest BCUT2D eigenvalue weighted by Gasteiger charge is 2.07. The summed E-state index contributed by atoms with van der Waals surface area (Å²) in [5, 5.41) is 0. The first-order valence-corrected chi connectivity index (χ1v) is 6.46. The van der Waals surface area contributed by atoms with Crippen molar-refractivity contribution in [3.8, 4) is 5.75 Å². The van der Waals surface area contributed by atoms with Crippen LogP contribution in [0.1, 0.15) is 25.6 Å².